The highest BCUT2D eigenvalue weighted by atomic mass is 16.2. The topological polar surface area (TPSA) is 44.4 Å². The molecule has 2 N–H and O–H groups in total. The van der Waals surface area contributed by atoms with Gasteiger partial charge in [0.05, 0.1) is 0 Å². The Morgan fingerprint density at radius 3 is 2.44 bits per heavy atom. The standard InChI is InChI=1S/C14H27N3O/c1-2-17-10-6-9-13(11-17)16-14(18)15-12-7-4-3-5-8-12/h12-13H,2-11H2,1H3,(H2,15,16,18). The molecule has 0 radical (unpaired) electrons. The van der Waals surface area contributed by atoms with Gasteiger partial charge in [-0.2, -0.15) is 0 Å². The molecule has 1 unspecified atom stereocenters. The number of urea groups is 1. The molecule has 1 heterocycles. The number of likely N-dealkylation sites (N-methyl/N-ethyl adjacent to an activating group) is 1. The maximum absolute atomic E-state index is 11.9. The molecule has 1 aliphatic heterocycles. The van der Waals surface area contributed by atoms with Gasteiger partial charge in [-0.25, -0.2) is 4.79 Å². The second kappa shape index (κ2) is 6.98. The van der Waals surface area contributed by atoms with Crippen LogP contribution in [0.4, 0.5) is 4.79 Å². The van der Waals surface area contributed by atoms with E-state index in [0.717, 1.165) is 32.4 Å². The van der Waals surface area contributed by atoms with E-state index in [1.54, 1.807) is 0 Å². The first-order valence-electron chi connectivity index (χ1n) is 7.57. The number of amides is 2. The molecule has 0 aromatic heterocycles. The second-order valence-corrected chi connectivity index (χ2v) is 5.69. The molecule has 1 aliphatic carbocycles. The van der Waals surface area contributed by atoms with Crippen LogP contribution in [0.5, 0.6) is 0 Å². The summed E-state index contributed by atoms with van der Waals surface area (Å²) in [6, 6.07) is 0.789. The largest absolute Gasteiger partial charge is 0.335 e. The van der Waals surface area contributed by atoms with Crippen LogP contribution in [0.2, 0.25) is 0 Å². The molecule has 0 spiro atoms. The summed E-state index contributed by atoms with van der Waals surface area (Å²) in [6.45, 7) is 5.46. The lowest BCUT2D eigenvalue weighted by atomic mass is 9.96. The van der Waals surface area contributed by atoms with Crippen LogP contribution in [-0.2, 0) is 0 Å². The predicted octanol–water partition coefficient (Wildman–Crippen LogP) is 2.10. The Bertz CT molecular complexity index is 264. The molecule has 0 aromatic rings. The van der Waals surface area contributed by atoms with Crippen LogP contribution < -0.4 is 10.6 Å². The summed E-state index contributed by atoms with van der Waals surface area (Å²) in [7, 11) is 0. The minimum absolute atomic E-state index is 0.0462. The van der Waals surface area contributed by atoms with Gasteiger partial charge in [-0.15, -0.1) is 0 Å². The number of piperidine rings is 1. The fourth-order valence-electron chi connectivity index (χ4n) is 3.12. The lowest BCUT2D eigenvalue weighted by molar-refractivity contribution is 0.189. The van der Waals surface area contributed by atoms with E-state index in [9.17, 15) is 4.79 Å². The Labute approximate surface area is 110 Å². The Balaban J connectivity index is 1.69. The molecule has 2 fully saturated rings. The summed E-state index contributed by atoms with van der Waals surface area (Å²) >= 11 is 0. The molecule has 0 bridgehead atoms. The van der Waals surface area contributed by atoms with Gasteiger partial charge in [-0.1, -0.05) is 26.2 Å². The number of carbonyl (C=O) groups is 1. The summed E-state index contributed by atoms with van der Waals surface area (Å²) in [6.07, 6.45) is 8.47. The zero-order chi connectivity index (χ0) is 12.8. The third-order valence-corrected chi connectivity index (χ3v) is 4.23. The summed E-state index contributed by atoms with van der Waals surface area (Å²) in [5, 5.41) is 6.27. The van der Waals surface area contributed by atoms with Crippen molar-refractivity contribution in [3.8, 4) is 0 Å². The monoisotopic (exact) mass is 253 g/mol. The molecule has 2 rings (SSSR count). The quantitative estimate of drug-likeness (QED) is 0.809. The molecule has 104 valence electrons. The van der Waals surface area contributed by atoms with E-state index in [2.05, 4.69) is 22.5 Å². The summed E-state index contributed by atoms with van der Waals surface area (Å²) in [4.78, 5) is 14.3. The van der Waals surface area contributed by atoms with E-state index in [0.29, 0.717) is 12.1 Å². The highest BCUT2D eigenvalue weighted by Crippen LogP contribution is 2.17. The van der Waals surface area contributed by atoms with Crippen LogP contribution in [0.3, 0.4) is 0 Å². The normalized spacial score (nSPS) is 26.8. The van der Waals surface area contributed by atoms with Crippen molar-refractivity contribution in [2.75, 3.05) is 19.6 Å². The van der Waals surface area contributed by atoms with Crippen LogP contribution in [-0.4, -0.2) is 42.6 Å². The second-order valence-electron chi connectivity index (χ2n) is 5.69. The maximum atomic E-state index is 11.9. The summed E-state index contributed by atoms with van der Waals surface area (Å²) in [5.41, 5.74) is 0. The molecule has 18 heavy (non-hydrogen) atoms. The van der Waals surface area contributed by atoms with E-state index < -0.39 is 0 Å². The highest BCUT2D eigenvalue weighted by Gasteiger charge is 2.21. The Morgan fingerprint density at radius 1 is 1.06 bits per heavy atom. The van der Waals surface area contributed by atoms with E-state index in [1.165, 1.54) is 32.2 Å². The fraction of sp³-hybridized carbons (Fsp3) is 0.929. The highest BCUT2D eigenvalue weighted by molar-refractivity contribution is 5.74. The lowest BCUT2D eigenvalue weighted by Gasteiger charge is -2.33. The lowest BCUT2D eigenvalue weighted by Crippen LogP contribution is -2.52. The molecule has 1 atom stereocenters. The van der Waals surface area contributed by atoms with Crippen molar-refractivity contribution in [2.45, 2.75) is 64.0 Å². The van der Waals surface area contributed by atoms with Crippen molar-refractivity contribution >= 4 is 6.03 Å². The van der Waals surface area contributed by atoms with Crippen LogP contribution in [0.15, 0.2) is 0 Å². The first kappa shape index (κ1) is 13.7. The first-order valence-corrected chi connectivity index (χ1v) is 7.57. The third-order valence-electron chi connectivity index (χ3n) is 4.23. The molecule has 4 heteroatoms. The number of hydrogen-bond acceptors (Lipinski definition) is 2. The molecule has 2 aliphatic rings. The molecular formula is C14H27N3O. The first-order chi connectivity index (χ1) is 8.78. The summed E-state index contributed by atoms with van der Waals surface area (Å²) < 4.78 is 0. The molecule has 4 nitrogen and oxygen atoms in total. The fourth-order valence-corrected chi connectivity index (χ4v) is 3.12. The van der Waals surface area contributed by atoms with Crippen molar-refractivity contribution in [3.63, 3.8) is 0 Å². The van der Waals surface area contributed by atoms with Crippen molar-refractivity contribution in [2.24, 2.45) is 0 Å². The van der Waals surface area contributed by atoms with Gasteiger partial charge in [-0.05, 0) is 38.8 Å². The third kappa shape index (κ3) is 4.16. The van der Waals surface area contributed by atoms with Crippen molar-refractivity contribution in [3.05, 3.63) is 0 Å². The van der Waals surface area contributed by atoms with Gasteiger partial charge in [0.2, 0.25) is 0 Å². The van der Waals surface area contributed by atoms with Gasteiger partial charge in [0.25, 0.3) is 0 Å². The number of nitrogens with zero attached hydrogens (tertiary/aromatic N) is 1. The molecule has 1 saturated heterocycles. The number of hydrogen-bond donors (Lipinski definition) is 2. The number of rotatable bonds is 3. The van der Waals surface area contributed by atoms with Crippen LogP contribution in [0.25, 0.3) is 0 Å². The SMILES string of the molecule is CCN1CCCC(NC(=O)NC2CCCCC2)C1. The number of nitrogens with one attached hydrogen (secondary N) is 2. The zero-order valence-corrected chi connectivity index (χ0v) is 11.6. The zero-order valence-electron chi connectivity index (χ0n) is 11.6. The van der Waals surface area contributed by atoms with E-state index in [-0.39, 0.29) is 6.03 Å². The van der Waals surface area contributed by atoms with Crippen LogP contribution >= 0.6 is 0 Å². The summed E-state index contributed by atoms with van der Waals surface area (Å²) in [5.74, 6) is 0. The Hall–Kier alpha value is -0.770. The predicted molar refractivity (Wildman–Crippen MR) is 73.7 cm³/mol. The minimum atomic E-state index is 0.0462. The average molecular weight is 253 g/mol. The van der Waals surface area contributed by atoms with Gasteiger partial charge in [-0.3, -0.25) is 0 Å². The van der Waals surface area contributed by atoms with Gasteiger partial charge >= 0.3 is 6.03 Å². The van der Waals surface area contributed by atoms with Crippen molar-refractivity contribution in [1.82, 2.24) is 15.5 Å². The minimum Gasteiger partial charge on any atom is -0.335 e. The van der Waals surface area contributed by atoms with E-state index >= 15 is 0 Å². The molecule has 0 aromatic carbocycles. The number of carbonyl (C=O) groups excluding carboxylic acids is 1. The Kier molecular flexibility index (Phi) is 5.29. The smallest absolute Gasteiger partial charge is 0.315 e. The molecule has 1 saturated carbocycles. The maximum Gasteiger partial charge on any atom is 0.315 e. The number of likely N-dealkylation sites (tertiary alicyclic amines) is 1. The van der Waals surface area contributed by atoms with Crippen molar-refractivity contribution in [1.29, 1.82) is 0 Å². The van der Waals surface area contributed by atoms with Crippen LogP contribution in [0.1, 0.15) is 51.9 Å². The van der Waals surface area contributed by atoms with Crippen molar-refractivity contribution < 1.29 is 4.79 Å². The van der Waals surface area contributed by atoms with Gasteiger partial charge < -0.3 is 15.5 Å². The molecule has 2 amide bonds. The van der Waals surface area contributed by atoms with E-state index in [1.807, 2.05) is 0 Å². The van der Waals surface area contributed by atoms with Crippen LogP contribution in [0, 0.1) is 0 Å². The average Bonchev–Trinajstić information content (AvgIpc) is 2.40. The van der Waals surface area contributed by atoms with Gasteiger partial charge in [0.15, 0.2) is 0 Å². The molecular weight excluding hydrogens is 226 g/mol. The van der Waals surface area contributed by atoms with E-state index in [4.69, 9.17) is 0 Å². The Morgan fingerprint density at radius 2 is 1.72 bits per heavy atom. The van der Waals surface area contributed by atoms with Gasteiger partial charge in [0.1, 0.15) is 0 Å². The van der Waals surface area contributed by atoms with Gasteiger partial charge in [0, 0.05) is 18.6 Å².